The van der Waals surface area contributed by atoms with Gasteiger partial charge in [0.05, 0.1) is 13.2 Å². The fraction of sp³-hybridized carbons (Fsp3) is 0.914. The van der Waals surface area contributed by atoms with Crippen molar-refractivity contribution in [2.75, 3.05) is 26.4 Å². The summed E-state index contributed by atoms with van der Waals surface area (Å²) in [5.41, 5.74) is 0. The molecule has 2 aliphatic heterocycles. The number of ether oxygens (including phenoxy) is 8. The average molecular weight is 1720 g/mol. The van der Waals surface area contributed by atoms with E-state index in [1.807, 2.05) is 0 Å². The monoisotopic (exact) mass is 1720 g/mol. The Morgan fingerprint density at radius 2 is 0.681 bits per heavy atom. The lowest BCUT2D eigenvalue weighted by Gasteiger charge is -2.50. The second-order valence-corrected chi connectivity index (χ2v) is 35.9. The summed E-state index contributed by atoms with van der Waals surface area (Å²) in [6.07, 6.45) is 30.2. The van der Waals surface area contributed by atoms with Crippen molar-refractivity contribution >= 4 is 31.7 Å². The minimum Gasteiger partial charge on any atom is -0.463 e. The first-order valence-electron chi connectivity index (χ1n) is 48.0. The Morgan fingerprint density at radius 3 is 1.10 bits per heavy atom. The van der Waals surface area contributed by atoms with E-state index in [0.717, 1.165) is 141 Å². The Balaban J connectivity index is 1.92. The van der Waals surface area contributed by atoms with Gasteiger partial charge in [0.15, 0.2) is 24.8 Å². The summed E-state index contributed by atoms with van der Waals surface area (Å²) in [6.45, 7) is 7.90. The third-order valence-electron chi connectivity index (χ3n) is 23.6. The molecule has 25 nitrogen and oxygen atoms in total. The van der Waals surface area contributed by atoms with E-state index >= 15 is 0 Å². The quantitative estimate of drug-likeness (QED) is 0.00889. The lowest BCUT2D eigenvalue weighted by atomic mass is 9.84. The Labute approximate surface area is 717 Å². The molecule has 1 saturated carbocycles. The number of carbonyl (C=O) groups is 4. The molecule has 3 fully saturated rings. The van der Waals surface area contributed by atoms with Gasteiger partial charge in [-0.1, -0.05) is 329 Å². The van der Waals surface area contributed by atoms with Crippen LogP contribution >= 0.6 is 7.82 Å². The smallest absolute Gasteiger partial charge is 0.463 e. The fourth-order valence-corrected chi connectivity index (χ4v) is 16.8. The van der Waals surface area contributed by atoms with Gasteiger partial charge in [-0.15, -0.1) is 0 Å². The van der Waals surface area contributed by atoms with Crippen molar-refractivity contribution in [3.63, 3.8) is 0 Å². The molecular formula is C93H171O25P. The number of esters is 4. The highest BCUT2D eigenvalue weighted by Gasteiger charge is 2.60. The molecule has 0 spiro atoms. The molecule has 0 aromatic carbocycles. The highest BCUT2D eigenvalue weighted by molar-refractivity contribution is 7.47. The summed E-state index contributed by atoms with van der Waals surface area (Å²) in [4.78, 5) is 66.5. The van der Waals surface area contributed by atoms with Gasteiger partial charge in [-0.05, 0) is 83.0 Å². The Morgan fingerprint density at radius 1 is 0.353 bits per heavy atom. The predicted octanol–water partition coefficient (Wildman–Crippen LogP) is 18.0. The number of allylic oxidation sites excluding steroid dienone is 4. The zero-order valence-corrected chi connectivity index (χ0v) is 75.5. The molecule has 1 aliphatic carbocycles. The largest absolute Gasteiger partial charge is 0.472 e. The topological polar surface area (TPSA) is 380 Å². The van der Waals surface area contributed by atoms with Gasteiger partial charge in [0.1, 0.15) is 92.6 Å². The number of hydrogen-bond donors (Lipinski definition) is 10. The van der Waals surface area contributed by atoms with E-state index in [0.29, 0.717) is 44.4 Å². The average Bonchev–Trinajstić information content (AvgIpc) is 0.755. The third-order valence-corrected chi connectivity index (χ3v) is 24.6. The standard InChI is InChI=1S/C93H171O25P/c1-6-10-14-18-22-25-28-31-33-35-38-41-44-47-55-61-67-79(98)115-88-84(103)85(104)89(116-92-86(105)82(101)80(99)74(68-94)113-92)91(90(88)117-93-87(106)83(102)81(100)75(114-93)71-110-77(96)65-59-53-49-48-51-57-63-72(5)62-56-50-21-17-13-9-4)118-119(107,108)111-70-73(112-78(97)66-60-54-46-43-40-36-30-27-24-20-16-12-8-3)69-109-76(95)64-58-52-45-42-39-37-34-32-29-26-23-19-15-11-7-2/h26,29,36,40,72-75,80-94,99-106H,6-25,27-28,30-35,37-39,41-71H2,1-5H3,(H,107,108)/b29-26-,40-36-. The molecule has 0 amide bonds. The third kappa shape index (κ3) is 51.4. The number of phosphoric ester groups is 1. The number of phosphoric acid groups is 1. The van der Waals surface area contributed by atoms with Crippen LogP contribution in [0.3, 0.4) is 0 Å². The van der Waals surface area contributed by atoms with Crippen LogP contribution in [0, 0.1) is 5.92 Å². The number of unbranched alkanes of at least 4 members (excludes halogenated alkanes) is 45. The minimum absolute atomic E-state index is 0.0144. The number of rotatable bonds is 77. The fourth-order valence-electron chi connectivity index (χ4n) is 15.8. The molecule has 0 aromatic heterocycles. The van der Waals surface area contributed by atoms with Gasteiger partial charge < -0.3 is 88.7 Å². The summed E-state index contributed by atoms with van der Waals surface area (Å²) in [5, 5.41) is 102. The second-order valence-electron chi connectivity index (χ2n) is 34.5. The van der Waals surface area contributed by atoms with E-state index in [-0.39, 0.29) is 25.7 Å². The maximum Gasteiger partial charge on any atom is 0.472 e. The van der Waals surface area contributed by atoms with Crippen LogP contribution in [-0.2, 0) is 70.7 Å². The summed E-state index contributed by atoms with van der Waals surface area (Å²) in [5.74, 6) is -2.30. The summed E-state index contributed by atoms with van der Waals surface area (Å²) in [6, 6.07) is 0. The van der Waals surface area contributed by atoms with Crippen LogP contribution < -0.4 is 0 Å². The first-order valence-corrected chi connectivity index (χ1v) is 49.5. The highest BCUT2D eigenvalue weighted by Crippen LogP contribution is 2.49. The number of hydrogen-bond acceptors (Lipinski definition) is 24. The van der Waals surface area contributed by atoms with E-state index in [1.54, 1.807) is 0 Å². The molecule has 10 N–H and O–H groups in total. The Hall–Kier alpha value is -3.05. The van der Waals surface area contributed by atoms with E-state index < -0.39 is 162 Å². The summed E-state index contributed by atoms with van der Waals surface area (Å²) in [7, 11) is -5.81. The molecule has 26 heteroatoms. The maximum atomic E-state index is 14.9. The molecule has 698 valence electrons. The minimum atomic E-state index is -5.81. The molecule has 2 heterocycles. The number of aliphatic hydroxyl groups is 9. The van der Waals surface area contributed by atoms with E-state index in [9.17, 15) is 74.6 Å². The maximum absolute atomic E-state index is 14.9. The lowest BCUT2D eigenvalue weighted by Crippen LogP contribution is -2.70. The van der Waals surface area contributed by atoms with Gasteiger partial charge in [-0.25, -0.2) is 4.57 Å². The van der Waals surface area contributed by atoms with E-state index in [1.165, 1.54) is 167 Å². The van der Waals surface area contributed by atoms with Crippen molar-refractivity contribution < 1.29 is 122 Å². The van der Waals surface area contributed by atoms with Crippen molar-refractivity contribution in [3.8, 4) is 0 Å². The molecule has 0 radical (unpaired) electrons. The van der Waals surface area contributed by atoms with Crippen LogP contribution in [-0.4, -0.2) is 205 Å². The Kier molecular flexibility index (Phi) is 65.7. The van der Waals surface area contributed by atoms with E-state index in [4.69, 9.17) is 46.9 Å². The zero-order chi connectivity index (χ0) is 86.9. The van der Waals surface area contributed by atoms with Crippen molar-refractivity contribution in [3.05, 3.63) is 24.3 Å². The first-order chi connectivity index (χ1) is 57.6. The molecule has 3 aliphatic rings. The van der Waals surface area contributed by atoms with Crippen LogP contribution in [0.1, 0.15) is 407 Å². The Bertz CT molecular complexity index is 2580. The molecule has 119 heavy (non-hydrogen) atoms. The van der Waals surface area contributed by atoms with Crippen molar-refractivity contribution in [2.45, 2.75) is 511 Å². The van der Waals surface area contributed by atoms with Gasteiger partial charge in [0.25, 0.3) is 0 Å². The van der Waals surface area contributed by atoms with Gasteiger partial charge >= 0.3 is 31.7 Å². The molecule has 3 rings (SSSR count). The van der Waals surface area contributed by atoms with Gasteiger partial charge in [0, 0.05) is 25.7 Å². The van der Waals surface area contributed by atoms with Crippen LogP contribution in [0.15, 0.2) is 24.3 Å². The van der Waals surface area contributed by atoms with Crippen LogP contribution in [0.25, 0.3) is 0 Å². The summed E-state index contributed by atoms with van der Waals surface area (Å²) < 4.78 is 73.5. The van der Waals surface area contributed by atoms with Crippen molar-refractivity contribution in [1.29, 1.82) is 0 Å². The summed E-state index contributed by atoms with van der Waals surface area (Å²) >= 11 is 0. The second kappa shape index (κ2) is 71.0. The lowest BCUT2D eigenvalue weighted by molar-refractivity contribution is -0.360. The number of aliphatic hydroxyl groups excluding tert-OH is 9. The first kappa shape index (κ1) is 110. The van der Waals surface area contributed by atoms with Crippen LogP contribution in [0.5, 0.6) is 0 Å². The predicted molar refractivity (Wildman–Crippen MR) is 462 cm³/mol. The number of carbonyl (C=O) groups excluding carboxylic acids is 4. The van der Waals surface area contributed by atoms with Crippen molar-refractivity contribution in [2.24, 2.45) is 5.92 Å². The normalized spacial score (nSPS) is 25.2. The molecule has 0 bridgehead atoms. The molecule has 0 aromatic rings. The highest BCUT2D eigenvalue weighted by atomic mass is 31.2. The van der Waals surface area contributed by atoms with Gasteiger partial charge in [-0.2, -0.15) is 0 Å². The molecule has 19 unspecified atom stereocenters. The molecular weight excluding hydrogens is 1550 g/mol. The van der Waals surface area contributed by atoms with E-state index in [2.05, 4.69) is 58.9 Å². The zero-order valence-electron chi connectivity index (χ0n) is 74.6. The van der Waals surface area contributed by atoms with Crippen LogP contribution in [0.4, 0.5) is 0 Å². The van der Waals surface area contributed by atoms with Gasteiger partial charge in [-0.3, -0.25) is 28.2 Å². The van der Waals surface area contributed by atoms with Crippen LogP contribution in [0.2, 0.25) is 0 Å². The molecule has 2 saturated heterocycles. The molecule has 19 atom stereocenters. The van der Waals surface area contributed by atoms with Gasteiger partial charge in [0.2, 0.25) is 0 Å². The SMILES string of the molecule is CCCCCC/C=C\CCCCCCCCCC(=O)OCC(COP(=O)(O)OC1C(OC2OC(CO)C(O)C(O)C2O)C(O)C(O)C(OC(=O)CCCCCCCCCCCCCCCCCC)C1OC1OC(COC(=O)CCCCCCCCC(C)CCCCCCCC)C(O)C(O)C1O)OC(=O)CCCCC/C=C\CCCCCCCC. The van der Waals surface area contributed by atoms with Crippen molar-refractivity contribution in [1.82, 2.24) is 0 Å².